The zero-order chi connectivity index (χ0) is 17.6. The molecule has 25 heavy (non-hydrogen) atoms. The van der Waals surface area contributed by atoms with Gasteiger partial charge in [-0.2, -0.15) is 5.10 Å². The number of aryl methyl sites for hydroxylation is 1. The maximum atomic E-state index is 13.4. The predicted molar refractivity (Wildman–Crippen MR) is 91.3 cm³/mol. The number of nitrogens with two attached hydrogens (primary N) is 1. The Kier molecular flexibility index (Phi) is 3.56. The van der Waals surface area contributed by atoms with E-state index in [1.807, 2.05) is 0 Å². The molecule has 4 rings (SSSR count). The van der Waals surface area contributed by atoms with Crippen LogP contribution in [0.1, 0.15) is 27.3 Å². The number of aromatic nitrogens is 3. The molecule has 7 heteroatoms. The molecule has 3 aromatic rings. The number of carbonyl (C=O) groups excluding carboxylic acids is 1. The summed E-state index contributed by atoms with van der Waals surface area (Å²) >= 11 is 0. The number of halogens is 1. The van der Waals surface area contributed by atoms with Crippen LogP contribution in [0.5, 0.6) is 0 Å². The molecule has 126 valence electrons. The lowest BCUT2D eigenvalue weighted by Gasteiger charge is -2.28. The molecule has 1 amide bonds. The van der Waals surface area contributed by atoms with Gasteiger partial charge in [-0.1, -0.05) is 0 Å². The molecule has 0 atom stereocenters. The van der Waals surface area contributed by atoms with Gasteiger partial charge in [0.2, 0.25) is 0 Å². The number of amides is 1. The Balaban J connectivity index is 1.68. The van der Waals surface area contributed by atoms with Gasteiger partial charge >= 0.3 is 0 Å². The lowest BCUT2D eigenvalue weighted by Crippen LogP contribution is -2.37. The average Bonchev–Trinajstić information content (AvgIpc) is 2.59. The van der Waals surface area contributed by atoms with Crippen LogP contribution in [0, 0.1) is 12.7 Å². The van der Waals surface area contributed by atoms with Crippen molar-refractivity contribution < 1.29 is 9.18 Å². The molecule has 2 N–H and O–H groups in total. The monoisotopic (exact) mass is 337 g/mol. The second-order valence-corrected chi connectivity index (χ2v) is 6.18. The average molecular weight is 337 g/mol. The molecule has 0 saturated carbocycles. The van der Waals surface area contributed by atoms with Crippen LogP contribution in [0.25, 0.3) is 10.9 Å². The van der Waals surface area contributed by atoms with Crippen LogP contribution in [-0.4, -0.2) is 32.5 Å². The minimum absolute atomic E-state index is 0.0998. The molecule has 0 bridgehead atoms. The fraction of sp³-hybridized carbons (Fsp3) is 0.222. The van der Waals surface area contributed by atoms with Crippen molar-refractivity contribution >= 4 is 22.6 Å². The maximum Gasteiger partial charge on any atom is 0.256 e. The highest BCUT2D eigenvalue weighted by Crippen LogP contribution is 2.23. The molecule has 0 radical (unpaired) electrons. The van der Waals surface area contributed by atoms with Crippen molar-refractivity contribution in [3.63, 3.8) is 0 Å². The first kappa shape index (κ1) is 15.4. The van der Waals surface area contributed by atoms with Gasteiger partial charge in [0.15, 0.2) is 0 Å². The van der Waals surface area contributed by atoms with Gasteiger partial charge in [-0.15, -0.1) is 5.10 Å². The van der Waals surface area contributed by atoms with Crippen molar-refractivity contribution in [1.29, 1.82) is 0 Å². The smallest absolute Gasteiger partial charge is 0.256 e. The van der Waals surface area contributed by atoms with Crippen LogP contribution in [0.4, 0.5) is 10.2 Å². The summed E-state index contributed by atoms with van der Waals surface area (Å²) in [5, 5.41) is 8.69. The van der Waals surface area contributed by atoms with Gasteiger partial charge in [0.25, 0.3) is 5.91 Å². The van der Waals surface area contributed by atoms with E-state index in [1.54, 1.807) is 30.0 Å². The molecule has 3 heterocycles. The number of fused-ring (bicyclic) bond motifs is 2. The highest BCUT2D eigenvalue weighted by atomic mass is 19.1. The molecule has 1 aliphatic heterocycles. The second-order valence-electron chi connectivity index (χ2n) is 6.18. The summed E-state index contributed by atoms with van der Waals surface area (Å²) in [7, 11) is 0. The number of nitrogen functional groups attached to an aromatic ring is 1. The van der Waals surface area contributed by atoms with E-state index >= 15 is 0 Å². The summed E-state index contributed by atoms with van der Waals surface area (Å²) in [5.41, 5.74) is 9.14. The van der Waals surface area contributed by atoms with Crippen molar-refractivity contribution in [3.05, 3.63) is 58.7 Å². The Labute approximate surface area is 143 Å². The molecule has 2 aromatic heterocycles. The number of nitrogens with zero attached hydrogens (tertiary/aromatic N) is 4. The zero-order valence-electron chi connectivity index (χ0n) is 13.7. The van der Waals surface area contributed by atoms with Crippen LogP contribution in [0.15, 0.2) is 30.3 Å². The van der Waals surface area contributed by atoms with E-state index in [9.17, 15) is 9.18 Å². The van der Waals surface area contributed by atoms with Crippen LogP contribution < -0.4 is 5.73 Å². The van der Waals surface area contributed by atoms with Gasteiger partial charge in [0.05, 0.1) is 22.5 Å². The summed E-state index contributed by atoms with van der Waals surface area (Å²) in [6.07, 6.45) is 0.639. The molecular weight excluding hydrogens is 321 g/mol. The number of benzene rings is 1. The first-order valence-corrected chi connectivity index (χ1v) is 7.98. The molecule has 0 saturated heterocycles. The van der Waals surface area contributed by atoms with Gasteiger partial charge < -0.3 is 10.6 Å². The fourth-order valence-corrected chi connectivity index (χ4v) is 3.14. The largest absolute Gasteiger partial charge is 0.382 e. The summed E-state index contributed by atoms with van der Waals surface area (Å²) in [4.78, 5) is 19.1. The Morgan fingerprint density at radius 2 is 2.08 bits per heavy atom. The van der Waals surface area contributed by atoms with Gasteiger partial charge in [-0.05, 0) is 36.8 Å². The van der Waals surface area contributed by atoms with E-state index in [0.29, 0.717) is 42.1 Å². The molecule has 0 fully saturated rings. The quantitative estimate of drug-likeness (QED) is 0.736. The lowest BCUT2D eigenvalue weighted by atomic mass is 10.0. The first-order chi connectivity index (χ1) is 12.0. The van der Waals surface area contributed by atoms with Crippen molar-refractivity contribution in [2.75, 3.05) is 12.3 Å². The van der Waals surface area contributed by atoms with E-state index in [2.05, 4.69) is 15.2 Å². The highest BCUT2D eigenvalue weighted by Gasteiger charge is 2.24. The Bertz CT molecular complexity index is 1000. The highest BCUT2D eigenvalue weighted by molar-refractivity contribution is 5.98. The maximum absolute atomic E-state index is 13.4. The number of hydrogen-bond donors (Lipinski definition) is 1. The normalized spacial score (nSPS) is 13.8. The van der Waals surface area contributed by atoms with E-state index in [4.69, 9.17) is 5.73 Å². The molecule has 1 aliphatic rings. The predicted octanol–water partition coefficient (Wildman–Crippen LogP) is 2.25. The number of carbonyl (C=O) groups is 1. The standard InChI is InChI=1S/C18H16FN5O/c1-10-14(6-11-2-3-13(19)8-16(11)21-10)18(25)24-5-4-15-12(9-24)7-17(20)23-22-15/h2-3,6-8H,4-5,9H2,1H3,(H2,20,23). The molecule has 1 aromatic carbocycles. The number of pyridine rings is 1. The number of hydrogen-bond acceptors (Lipinski definition) is 5. The summed E-state index contributed by atoms with van der Waals surface area (Å²) < 4.78 is 13.4. The van der Waals surface area contributed by atoms with E-state index in [0.717, 1.165) is 16.6 Å². The van der Waals surface area contributed by atoms with Crippen molar-refractivity contribution in [2.45, 2.75) is 19.9 Å². The summed E-state index contributed by atoms with van der Waals surface area (Å²) in [6.45, 7) is 2.76. The molecule has 6 nitrogen and oxygen atoms in total. The van der Waals surface area contributed by atoms with E-state index < -0.39 is 0 Å². The third-order valence-electron chi connectivity index (χ3n) is 4.45. The first-order valence-electron chi connectivity index (χ1n) is 7.98. The SMILES string of the molecule is Cc1nc2cc(F)ccc2cc1C(=O)N1CCc2nnc(N)cc2C1. The third-order valence-corrected chi connectivity index (χ3v) is 4.45. The van der Waals surface area contributed by atoms with Crippen LogP contribution in [0.2, 0.25) is 0 Å². The number of rotatable bonds is 1. The minimum atomic E-state index is -0.343. The van der Waals surface area contributed by atoms with Crippen LogP contribution >= 0.6 is 0 Å². The summed E-state index contributed by atoms with van der Waals surface area (Å²) in [6, 6.07) is 7.90. The Morgan fingerprint density at radius 3 is 2.92 bits per heavy atom. The van der Waals surface area contributed by atoms with Crippen molar-refractivity contribution in [2.24, 2.45) is 0 Å². The van der Waals surface area contributed by atoms with Crippen molar-refractivity contribution in [1.82, 2.24) is 20.1 Å². The van der Waals surface area contributed by atoms with Gasteiger partial charge in [-0.3, -0.25) is 9.78 Å². The zero-order valence-corrected chi connectivity index (χ0v) is 13.7. The summed E-state index contributed by atoms with van der Waals surface area (Å²) in [5.74, 6) is -0.0966. The molecular formula is C18H16FN5O. The Morgan fingerprint density at radius 1 is 1.24 bits per heavy atom. The van der Waals surface area contributed by atoms with Gasteiger partial charge in [0.1, 0.15) is 11.6 Å². The Hall–Kier alpha value is -3.09. The minimum Gasteiger partial charge on any atom is -0.382 e. The fourth-order valence-electron chi connectivity index (χ4n) is 3.14. The molecule has 0 spiro atoms. The van der Waals surface area contributed by atoms with Crippen molar-refractivity contribution in [3.8, 4) is 0 Å². The van der Waals surface area contributed by atoms with Crippen LogP contribution in [-0.2, 0) is 13.0 Å². The topological polar surface area (TPSA) is 85.0 Å². The third kappa shape index (κ3) is 2.77. The van der Waals surface area contributed by atoms with Gasteiger partial charge in [0, 0.05) is 31.0 Å². The molecule has 0 unspecified atom stereocenters. The van der Waals surface area contributed by atoms with Crippen LogP contribution in [0.3, 0.4) is 0 Å². The molecule has 0 aliphatic carbocycles. The second kappa shape index (κ2) is 5.77. The number of anilines is 1. The van der Waals surface area contributed by atoms with E-state index in [-0.39, 0.29) is 11.7 Å². The lowest BCUT2D eigenvalue weighted by molar-refractivity contribution is 0.0732. The van der Waals surface area contributed by atoms with E-state index in [1.165, 1.54) is 12.1 Å². The van der Waals surface area contributed by atoms with Gasteiger partial charge in [-0.25, -0.2) is 4.39 Å².